The number of benzene rings is 1. The molecule has 5 rings (SSSR count). The largest absolute Gasteiger partial charge is 0.387 e. The summed E-state index contributed by atoms with van der Waals surface area (Å²) in [4.78, 5) is 13.8. The first-order valence-electron chi connectivity index (χ1n) is 10.2. The van der Waals surface area contributed by atoms with Crippen LogP contribution < -0.4 is 0 Å². The van der Waals surface area contributed by atoms with Crippen molar-refractivity contribution in [2.45, 2.75) is 50.4 Å². The Bertz CT molecular complexity index is 912. The number of halogens is 2. The molecule has 2 bridgehead atoms. The number of fused-ring (bicyclic) bond motifs is 3. The molecule has 29 heavy (non-hydrogen) atoms. The summed E-state index contributed by atoms with van der Waals surface area (Å²) in [5, 5.41) is 18.0. The highest BCUT2D eigenvalue weighted by Gasteiger charge is 2.45. The van der Waals surface area contributed by atoms with Gasteiger partial charge in [-0.25, -0.2) is 8.78 Å². The molecule has 0 radical (unpaired) electrons. The molecule has 1 saturated carbocycles. The van der Waals surface area contributed by atoms with E-state index < -0.39 is 18.2 Å². The molecule has 154 valence electrons. The number of carbonyl (C=O) groups excluding carboxylic acids is 1. The van der Waals surface area contributed by atoms with E-state index in [0.29, 0.717) is 13.1 Å². The van der Waals surface area contributed by atoms with Gasteiger partial charge in [-0.1, -0.05) is 12.5 Å². The number of likely N-dealkylation sites (N-methyl/N-ethyl adjacent to an activating group) is 1. The van der Waals surface area contributed by atoms with Crippen LogP contribution >= 0.6 is 0 Å². The highest BCUT2D eigenvalue weighted by Crippen LogP contribution is 2.51. The second-order valence-corrected chi connectivity index (χ2v) is 8.10. The Hall–Kier alpha value is -2.41. The fourth-order valence-corrected chi connectivity index (χ4v) is 5.02. The summed E-state index contributed by atoms with van der Waals surface area (Å²) >= 11 is 0. The number of aromatic nitrogens is 2. The van der Waals surface area contributed by atoms with Crippen molar-refractivity contribution in [3.63, 3.8) is 0 Å². The summed E-state index contributed by atoms with van der Waals surface area (Å²) < 4.78 is 28.6. The molecule has 3 aliphatic carbocycles. The molecule has 0 unspecified atom stereocenters. The second kappa shape index (κ2) is 7.78. The van der Waals surface area contributed by atoms with Crippen molar-refractivity contribution in [3.8, 4) is 11.3 Å². The minimum absolute atomic E-state index is 0.150. The Balaban J connectivity index is 1.79. The van der Waals surface area contributed by atoms with Gasteiger partial charge in [0, 0.05) is 18.5 Å². The third-order valence-electron chi connectivity index (χ3n) is 6.53. The van der Waals surface area contributed by atoms with Crippen molar-refractivity contribution in [3.05, 3.63) is 47.2 Å². The van der Waals surface area contributed by atoms with Gasteiger partial charge in [0.15, 0.2) is 0 Å². The number of aliphatic hydroxyl groups excluding tert-OH is 1. The fourth-order valence-electron chi connectivity index (χ4n) is 5.02. The third-order valence-corrected chi connectivity index (χ3v) is 6.53. The molecular weight excluding hydrogens is 376 g/mol. The van der Waals surface area contributed by atoms with Gasteiger partial charge in [-0.3, -0.25) is 4.79 Å². The second-order valence-electron chi connectivity index (χ2n) is 8.10. The molecule has 7 heteroatoms. The predicted molar refractivity (Wildman–Crippen MR) is 104 cm³/mol. The molecule has 1 heterocycles. The van der Waals surface area contributed by atoms with E-state index in [1.54, 1.807) is 11.0 Å². The summed E-state index contributed by atoms with van der Waals surface area (Å²) in [7, 11) is 0. The van der Waals surface area contributed by atoms with Crippen LogP contribution in [0.15, 0.2) is 24.3 Å². The minimum Gasteiger partial charge on any atom is -0.387 e. The molecule has 2 atom stereocenters. The van der Waals surface area contributed by atoms with E-state index in [4.69, 9.17) is 0 Å². The van der Waals surface area contributed by atoms with E-state index >= 15 is 0 Å². The quantitative estimate of drug-likeness (QED) is 0.832. The molecule has 0 spiro atoms. The molecule has 2 aromatic rings. The van der Waals surface area contributed by atoms with Crippen LogP contribution in [0.2, 0.25) is 0 Å². The Morgan fingerprint density at radius 2 is 2.00 bits per heavy atom. The smallest absolute Gasteiger partial charge is 0.248 e. The lowest BCUT2D eigenvalue weighted by Gasteiger charge is -2.40. The van der Waals surface area contributed by atoms with Crippen LogP contribution in [0.4, 0.5) is 8.78 Å². The number of hydrogen-bond acceptors (Lipinski definition) is 4. The summed E-state index contributed by atoms with van der Waals surface area (Å²) in [6.45, 7) is 2.36. The molecule has 1 fully saturated rings. The van der Waals surface area contributed by atoms with Crippen molar-refractivity contribution < 1.29 is 18.7 Å². The van der Waals surface area contributed by atoms with Crippen LogP contribution in [-0.2, 0) is 10.2 Å². The van der Waals surface area contributed by atoms with Gasteiger partial charge in [-0.2, -0.15) is 10.2 Å². The highest BCUT2D eigenvalue weighted by atomic mass is 19.1. The number of aliphatic hydroxyl groups is 1. The van der Waals surface area contributed by atoms with Crippen LogP contribution in [0.25, 0.3) is 11.3 Å². The van der Waals surface area contributed by atoms with E-state index in [1.165, 1.54) is 18.2 Å². The number of carbonyl (C=O) groups is 1. The number of hydrogen-bond donors (Lipinski definition) is 1. The Labute approximate surface area is 168 Å². The van der Waals surface area contributed by atoms with Crippen LogP contribution in [0, 0.1) is 11.6 Å². The van der Waals surface area contributed by atoms with Crippen molar-refractivity contribution in [2.24, 2.45) is 0 Å². The van der Waals surface area contributed by atoms with Crippen LogP contribution in [0.5, 0.6) is 0 Å². The van der Waals surface area contributed by atoms with Gasteiger partial charge in [0.1, 0.15) is 18.2 Å². The molecule has 3 aliphatic rings. The highest BCUT2D eigenvalue weighted by molar-refractivity contribution is 5.77. The monoisotopic (exact) mass is 401 g/mol. The van der Waals surface area contributed by atoms with Crippen molar-refractivity contribution >= 4 is 5.91 Å². The van der Waals surface area contributed by atoms with Crippen LogP contribution in [0.1, 0.15) is 56.2 Å². The maximum absolute atomic E-state index is 14.3. The predicted octanol–water partition coefficient (Wildman–Crippen LogP) is 3.56. The normalized spacial score (nSPS) is 22.8. The maximum Gasteiger partial charge on any atom is 0.248 e. The van der Waals surface area contributed by atoms with Gasteiger partial charge in [0.25, 0.3) is 0 Å². The first-order chi connectivity index (χ1) is 14.0. The lowest BCUT2D eigenvalue weighted by molar-refractivity contribution is -0.135. The molecular formula is C22H25F2N3O2. The van der Waals surface area contributed by atoms with E-state index in [9.17, 15) is 18.7 Å². The summed E-state index contributed by atoms with van der Waals surface area (Å²) in [5.74, 6) is -1.32. The lowest BCUT2D eigenvalue weighted by Crippen LogP contribution is -2.46. The van der Waals surface area contributed by atoms with Gasteiger partial charge in [-0.15, -0.1) is 0 Å². The first-order valence-corrected chi connectivity index (χ1v) is 10.2. The van der Waals surface area contributed by atoms with Crippen molar-refractivity contribution in [1.82, 2.24) is 15.1 Å². The van der Waals surface area contributed by atoms with Gasteiger partial charge in [-0.05, 0) is 62.3 Å². The van der Waals surface area contributed by atoms with Crippen LogP contribution in [-0.4, -0.2) is 45.8 Å². The molecule has 0 saturated heterocycles. The number of rotatable bonds is 5. The standard InChI is InChI=1S/C22H25F2N3O2/c1-2-27(19(29)12-28)13-22-9-4-5-14(8-10-22)15-11-18(25-26-21(15)22)20-16(23)6-3-7-17(20)24/h3,6-7,11,14,28H,2,4-5,8-10,12-13H2,1H3/t14-,22+/m0/s1. The van der Waals surface area contributed by atoms with E-state index in [0.717, 1.165) is 43.4 Å². The van der Waals surface area contributed by atoms with Crippen molar-refractivity contribution in [2.75, 3.05) is 19.7 Å². The van der Waals surface area contributed by atoms with E-state index in [1.807, 2.05) is 6.92 Å². The molecule has 5 nitrogen and oxygen atoms in total. The topological polar surface area (TPSA) is 66.3 Å². The van der Waals surface area contributed by atoms with Gasteiger partial charge >= 0.3 is 0 Å². The number of amides is 1. The zero-order valence-electron chi connectivity index (χ0n) is 16.5. The summed E-state index contributed by atoms with van der Waals surface area (Å²) in [6.07, 6.45) is 4.70. The van der Waals surface area contributed by atoms with E-state index in [2.05, 4.69) is 10.2 Å². The third kappa shape index (κ3) is 3.41. The molecule has 1 aromatic heterocycles. The molecule has 1 N–H and O–H groups in total. The number of nitrogens with zero attached hydrogens (tertiary/aromatic N) is 3. The molecule has 0 aliphatic heterocycles. The van der Waals surface area contributed by atoms with Crippen LogP contribution in [0.3, 0.4) is 0 Å². The Morgan fingerprint density at radius 1 is 1.24 bits per heavy atom. The average Bonchev–Trinajstić information content (AvgIpc) is 3.02. The zero-order valence-corrected chi connectivity index (χ0v) is 16.5. The average molecular weight is 401 g/mol. The molecule has 1 amide bonds. The van der Waals surface area contributed by atoms with E-state index in [-0.39, 0.29) is 28.5 Å². The Morgan fingerprint density at radius 3 is 2.69 bits per heavy atom. The SMILES string of the molecule is CCN(C[C@@]12CCC[C@@H](CC1)c1cc(-c3c(F)cccc3F)nnc12)C(=O)CO. The summed E-state index contributed by atoms with van der Waals surface area (Å²) in [5.41, 5.74) is 1.57. The minimum atomic E-state index is -0.654. The van der Waals surface area contributed by atoms with Gasteiger partial charge in [0.2, 0.25) is 5.91 Å². The lowest BCUT2D eigenvalue weighted by atomic mass is 9.69. The zero-order chi connectivity index (χ0) is 20.6. The fraction of sp³-hybridized carbons (Fsp3) is 0.500. The first kappa shape index (κ1) is 19.9. The maximum atomic E-state index is 14.3. The Kier molecular flexibility index (Phi) is 5.34. The van der Waals surface area contributed by atoms with Gasteiger partial charge in [0.05, 0.1) is 17.0 Å². The summed E-state index contributed by atoms with van der Waals surface area (Å²) in [6, 6.07) is 5.56. The van der Waals surface area contributed by atoms with Crippen molar-refractivity contribution in [1.29, 1.82) is 0 Å². The molecule has 1 aromatic carbocycles. The van der Waals surface area contributed by atoms with Gasteiger partial charge < -0.3 is 10.0 Å².